The van der Waals surface area contributed by atoms with E-state index in [0.717, 1.165) is 86.2 Å². The zero-order chi connectivity index (χ0) is 27.3. The summed E-state index contributed by atoms with van der Waals surface area (Å²) in [5.41, 5.74) is 2.62. The molecule has 4 heterocycles. The zero-order valence-corrected chi connectivity index (χ0v) is 23.2. The molecule has 1 aromatic heterocycles. The zero-order valence-electron chi connectivity index (χ0n) is 23.2. The molecule has 1 saturated carbocycles. The number of pyridine rings is 1. The maximum atomic E-state index is 14.0. The summed E-state index contributed by atoms with van der Waals surface area (Å²) in [4.78, 5) is 40.1. The highest BCUT2D eigenvalue weighted by molar-refractivity contribution is 6.15. The number of hydrogen-bond acceptors (Lipinski definition) is 5. The fourth-order valence-corrected chi connectivity index (χ4v) is 6.77. The number of fused-ring (bicyclic) bond motifs is 1. The van der Waals surface area contributed by atoms with Gasteiger partial charge in [-0.2, -0.15) is 0 Å². The molecule has 2 amide bonds. The van der Waals surface area contributed by atoms with Crippen LogP contribution in [0.15, 0.2) is 65.9 Å². The van der Waals surface area contributed by atoms with Crippen molar-refractivity contribution in [2.45, 2.75) is 44.6 Å². The number of piperidine rings is 1. The lowest BCUT2D eigenvalue weighted by molar-refractivity contribution is -0.133. The second-order valence-corrected chi connectivity index (χ2v) is 12.2. The Hall–Kier alpha value is -3.58. The van der Waals surface area contributed by atoms with Crippen LogP contribution in [0.4, 0.5) is 0 Å². The minimum absolute atomic E-state index is 0.145. The topological polar surface area (TPSA) is 77.9 Å². The number of rotatable bonds is 6. The Morgan fingerprint density at radius 2 is 1.75 bits per heavy atom. The van der Waals surface area contributed by atoms with E-state index in [1.165, 1.54) is 5.39 Å². The van der Waals surface area contributed by atoms with E-state index >= 15 is 0 Å². The quantitative estimate of drug-likeness (QED) is 0.504. The highest BCUT2D eigenvalue weighted by atomic mass is 16.2. The highest BCUT2D eigenvalue weighted by Gasteiger charge is 2.49. The second kappa shape index (κ2) is 10.1. The predicted octanol–water partition coefficient (Wildman–Crippen LogP) is 4.51. The summed E-state index contributed by atoms with van der Waals surface area (Å²) in [5.74, 6) is 2.25. The Kier molecular flexibility index (Phi) is 6.42. The van der Waals surface area contributed by atoms with Crippen molar-refractivity contribution in [2.24, 2.45) is 22.7 Å². The van der Waals surface area contributed by atoms with Gasteiger partial charge in [0.05, 0.1) is 0 Å². The summed E-state index contributed by atoms with van der Waals surface area (Å²) >= 11 is 0. The molecular formula is C33H37N5O2. The third-order valence-corrected chi connectivity index (χ3v) is 9.50. The van der Waals surface area contributed by atoms with Crippen molar-refractivity contribution < 1.29 is 9.59 Å². The van der Waals surface area contributed by atoms with Gasteiger partial charge >= 0.3 is 0 Å². The average Bonchev–Trinajstić information content (AvgIpc) is 3.68. The van der Waals surface area contributed by atoms with Crippen LogP contribution < -0.4 is 5.32 Å². The van der Waals surface area contributed by atoms with E-state index in [0.29, 0.717) is 18.4 Å². The summed E-state index contributed by atoms with van der Waals surface area (Å²) in [6.45, 7) is 6.17. The van der Waals surface area contributed by atoms with Gasteiger partial charge in [-0.25, -0.2) is 0 Å². The number of aliphatic imine (C=N–C) groups is 1. The minimum atomic E-state index is -0.658. The lowest BCUT2D eigenvalue weighted by Crippen LogP contribution is -2.50. The van der Waals surface area contributed by atoms with Crippen molar-refractivity contribution in [3.05, 3.63) is 66.5 Å². The van der Waals surface area contributed by atoms with E-state index in [1.807, 2.05) is 23.4 Å². The largest absolute Gasteiger partial charge is 0.342 e. The molecule has 0 bridgehead atoms. The fourth-order valence-electron chi connectivity index (χ4n) is 6.77. The first-order valence-corrected chi connectivity index (χ1v) is 14.9. The van der Waals surface area contributed by atoms with Crippen LogP contribution in [0, 0.1) is 17.8 Å². The Morgan fingerprint density at radius 1 is 1.00 bits per heavy atom. The Morgan fingerprint density at radius 3 is 2.52 bits per heavy atom. The van der Waals surface area contributed by atoms with E-state index in [-0.39, 0.29) is 17.7 Å². The molecule has 1 spiro atoms. The molecule has 2 unspecified atom stereocenters. The third kappa shape index (κ3) is 4.60. The predicted molar refractivity (Wildman–Crippen MR) is 157 cm³/mol. The molecule has 0 radical (unpaired) electrons. The molecule has 2 atom stereocenters. The van der Waals surface area contributed by atoms with Crippen molar-refractivity contribution in [1.82, 2.24) is 20.1 Å². The molecule has 1 N–H and O–H groups in total. The van der Waals surface area contributed by atoms with Crippen LogP contribution in [0.25, 0.3) is 21.9 Å². The van der Waals surface area contributed by atoms with Crippen molar-refractivity contribution >= 4 is 28.4 Å². The van der Waals surface area contributed by atoms with Gasteiger partial charge in [0.25, 0.3) is 5.91 Å². The molecule has 7 nitrogen and oxygen atoms in total. The maximum absolute atomic E-state index is 14.0. The molecule has 3 aliphatic heterocycles. The molecule has 3 aromatic rings. The second-order valence-electron chi connectivity index (χ2n) is 12.2. The van der Waals surface area contributed by atoms with Crippen LogP contribution in [-0.4, -0.2) is 70.7 Å². The third-order valence-electron chi connectivity index (χ3n) is 9.50. The summed E-state index contributed by atoms with van der Waals surface area (Å²) in [6.07, 6.45) is 8.29. The van der Waals surface area contributed by atoms with Crippen LogP contribution in [0.1, 0.15) is 44.6 Å². The summed E-state index contributed by atoms with van der Waals surface area (Å²) < 4.78 is 0. The fraction of sp³-hybridized carbons (Fsp3) is 0.455. The van der Waals surface area contributed by atoms with Crippen LogP contribution in [0.2, 0.25) is 0 Å². The Labute approximate surface area is 235 Å². The van der Waals surface area contributed by atoms with Crippen molar-refractivity contribution in [3.8, 4) is 11.1 Å². The van der Waals surface area contributed by atoms with Crippen molar-refractivity contribution in [2.75, 3.05) is 32.7 Å². The van der Waals surface area contributed by atoms with E-state index in [9.17, 15) is 9.59 Å². The standard InChI is InChI=1S/C33H37N5O2/c1-22(29-11-17-37(21-29)31(39)25-6-7-25)20-38-30(36-33(32(38)40)12-15-34-16-13-33)24-4-2-23(3-5-24)26-8-9-28-19-35-14-10-27(28)18-26/h2-5,8-10,14,18-19,22,25,29,34H,6-7,11-13,15-17,20-21H2,1H3. The molecule has 2 saturated heterocycles. The van der Waals surface area contributed by atoms with E-state index in [2.05, 4.69) is 64.6 Å². The van der Waals surface area contributed by atoms with E-state index < -0.39 is 5.54 Å². The molecule has 206 valence electrons. The number of benzene rings is 2. The van der Waals surface area contributed by atoms with E-state index in [1.54, 1.807) is 0 Å². The lowest BCUT2D eigenvalue weighted by atomic mass is 9.87. The molecule has 7 heteroatoms. The Balaban J connectivity index is 1.14. The molecule has 40 heavy (non-hydrogen) atoms. The molecule has 7 rings (SSSR count). The first-order valence-electron chi connectivity index (χ1n) is 14.9. The van der Waals surface area contributed by atoms with Crippen molar-refractivity contribution in [3.63, 3.8) is 0 Å². The first kappa shape index (κ1) is 25.4. The monoisotopic (exact) mass is 535 g/mol. The Bertz CT molecular complexity index is 1470. The van der Waals surface area contributed by atoms with Gasteiger partial charge in [0.15, 0.2) is 0 Å². The van der Waals surface area contributed by atoms with Gasteiger partial charge in [-0.05, 0) is 85.7 Å². The van der Waals surface area contributed by atoms with Crippen LogP contribution >= 0.6 is 0 Å². The van der Waals surface area contributed by atoms with Crippen molar-refractivity contribution in [1.29, 1.82) is 0 Å². The van der Waals surface area contributed by atoms with Gasteiger partial charge in [-0.15, -0.1) is 0 Å². The SMILES string of the molecule is CC(CN1C(=O)C2(CCNCC2)N=C1c1ccc(-c2ccc3cnccc3c2)cc1)C1CCN(C(=O)C2CC2)C1. The average molecular weight is 536 g/mol. The van der Waals surface area contributed by atoms with E-state index in [4.69, 9.17) is 4.99 Å². The number of amides is 2. The number of nitrogens with one attached hydrogen (secondary N) is 1. The number of nitrogens with zero attached hydrogens (tertiary/aromatic N) is 4. The van der Waals surface area contributed by atoms with Gasteiger partial charge in [-0.3, -0.25) is 24.5 Å². The van der Waals surface area contributed by atoms with Gasteiger partial charge in [0.2, 0.25) is 5.91 Å². The molecule has 1 aliphatic carbocycles. The van der Waals surface area contributed by atoms with Crippen LogP contribution in [-0.2, 0) is 9.59 Å². The van der Waals surface area contributed by atoms with Gasteiger partial charge in [0, 0.05) is 48.9 Å². The first-order chi connectivity index (χ1) is 19.5. The number of aromatic nitrogens is 1. The number of hydrogen-bond donors (Lipinski definition) is 1. The lowest BCUT2D eigenvalue weighted by Gasteiger charge is -2.32. The molecule has 2 aromatic carbocycles. The normalized spacial score (nSPS) is 23.2. The molecule has 3 fully saturated rings. The number of carbonyl (C=O) groups is 2. The molecular weight excluding hydrogens is 498 g/mol. The van der Waals surface area contributed by atoms with Crippen LogP contribution in [0.5, 0.6) is 0 Å². The minimum Gasteiger partial charge on any atom is -0.342 e. The number of carbonyl (C=O) groups excluding carboxylic acids is 2. The highest BCUT2D eigenvalue weighted by Crippen LogP contribution is 2.37. The summed E-state index contributed by atoms with van der Waals surface area (Å²) in [6, 6.07) is 17.0. The summed E-state index contributed by atoms with van der Waals surface area (Å²) in [5, 5.41) is 5.69. The van der Waals surface area contributed by atoms with Gasteiger partial charge in [-0.1, -0.05) is 43.3 Å². The van der Waals surface area contributed by atoms with Crippen LogP contribution in [0.3, 0.4) is 0 Å². The number of likely N-dealkylation sites (tertiary alicyclic amines) is 1. The van der Waals surface area contributed by atoms with Gasteiger partial charge < -0.3 is 10.2 Å². The number of amidine groups is 1. The van der Waals surface area contributed by atoms with Gasteiger partial charge in [0.1, 0.15) is 11.4 Å². The maximum Gasteiger partial charge on any atom is 0.256 e. The summed E-state index contributed by atoms with van der Waals surface area (Å²) in [7, 11) is 0. The molecule has 4 aliphatic rings. The smallest absolute Gasteiger partial charge is 0.256 e.